The van der Waals surface area contributed by atoms with Crippen molar-refractivity contribution in [3.63, 3.8) is 0 Å². The smallest absolute Gasteiger partial charge is 0.356 e. The first kappa shape index (κ1) is 12.4. The summed E-state index contributed by atoms with van der Waals surface area (Å²) < 4.78 is 0. The number of nitrogens with zero attached hydrogens (tertiary/aromatic N) is 3. The van der Waals surface area contributed by atoms with Crippen LogP contribution in [-0.2, 0) is 0 Å². The number of carboxylic acid groups (broad SMARTS) is 1. The number of aromatic nitrogens is 3. The molecule has 3 N–H and O–H groups in total. The van der Waals surface area contributed by atoms with E-state index >= 15 is 0 Å². The lowest BCUT2D eigenvalue weighted by Gasteiger charge is -2.08. The van der Waals surface area contributed by atoms with Crippen molar-refractivity contribution < 1.29 is 14.7 Å². The highest BCUT2D eigenvalue weighted by atomic mass is 16.4. The van der Waals surface area contributed by atoms with Gasteiger partial charge in [0.1, 0.15) is 6.33 Å². The molecule has 0 aliphatic rings. The molecule has 0 aliphatic heterocycles. The number of aromatic carboxylic acids is 1. The molecule has 0 bridgehead atoms. The topological polar surface area (TPSA) is 117 Å². The average molecular weight is 259 g/mol. The van der Waals surface area contributed by atoms with E-state index in [1.165, 1.54) is 37.1 Å². The van der Waals surface area contributed by atoms with Crippen molar-refractivity contribution in [3.05, 3.63) is 42.7 Å². The molecule has 2 heterocycles. The lowest BCUT2D eigenvalue weighted by atomic mass is 10.3. The van der Waals surface area contributed by atoms with Gasteiger partial charge >= 0.3 is 12.0 Å². The highest BCUT2D eigenvalue weighted by molar-refractivity contribution is 6.03. The lowest BCUT2D eigenvalue weighted by molar-refractivity contribution is 0.0692. The molecule has 0 saturated carbocycles. The fourth-order valence-corrected chi connectivity index (χ4v) is 1.32. The lowest BCUT2D eigenvalue weighted by Crippen LogP contribution is -2.21. The molecule has 2 aromatic heterocycles. The summed E-state index contributed by atoms with van der Waals surface area (Å²) in [6.07, 6.45) is 5.48. The largest absolute Gasteiger partial charge is 0.476 e. The molecule has 0 aromatic carbocycles. The fraction of sp³-hybridized carbons (Fsp3) is 0. The number of rotatable bonds is 3. The van der Waals surface area contributed by atoms with Crippen LogP contribution in [-0.4, -0.2) is 32.1 Å². The third-order valence-corrected chi connectivity index (χ3v) is 2.08. The molecular weight excluding hydrogens is 250 g/mol. The van der Waals surface area contributed by atoms with Crippen molar-refractivity contribution >= 4 is 23.4 Å². The Labute approximate surface area is 107 Å². The number of urea groups is 1. The van der Waals surface area contributed by atoms with Crippen molar-refractivity contribution in [3.8, 4) is 0 Å². The summed E-state index contributed by atoms with van der Waals surface area (Å²) in [6.45, 7) is 0. The normalized spacial score (nSPS) is 9.68. The number of carboxylic acids is 1. The molecule has 8 nitrogen and oxygen atoms in total. The quantitative estimate of drug-likeness (QED) is 0.762. The van der Waals surface area contributed by atoms with Crippen LogP contribution in [0.4, 0.5) is 16.2 Å². The van der Waals surface area contributed by atoms with Gasteiger partial charge in [0.2, 0.25) is 0 Å². The van der Waals surface area contributed by atoms with Crippen LogP contribution in [0.3, 0.4) is 0 Å². The van der Waals surface area contributed by atoms with Gasteiger partial charge in [-0.2, -0.15) is 0 Å². The molecule has 0 spiro atoms. The highest BCUT2D eigenvalue weighted by Crippen LogP contribution is 2.12. The SMILES string of the molecule is O=C(Nc1cncnc1)Nc1cccnc1C(=O)O. The Morgan fingerprint density at radius 3 is 2.58 bits per heavy atom. The van der Waals surface area contributed by atoms with Crippen molar-refractivity contribution in [1.29, 1.82) is 0 Å². The summed E-state index contributed by atoms with van der Waals surface area (Å²) in [6, 6.07) is 2.36. The number of nitrogens with one attached hydrogen (secondary N) is 2. The van der Waals surface area contributed by atoms with Gasteiger partial charge in [-0.3, -0.25) is 0 Å². The van der Waals surface area contributed by atoms with E-state index in [-0.39, 0.29) is 11.4 Å². The second kappa shape index (κ2) is 5.54. The Balaban J connectivity index is 2.09. The number of carbonyl (C=O) groups excluding carboxylic acids is 1. The Morgan fingerprint density at radius 2 is 1.89 bits per heavy atom. The number of hydrogen-bond acceptors (Lipinski definition) is 5. The summed E-state index contributed by atoms with van der Waals surface area (Å²) in [5.41, 5.74) is 0.257. The third kappa shape index (κ3) is 3.22. The molecule has 19 heavy (non-hydrogen) atoms. The van der Waals surface area contributed by atoms with Crippen LogP contribution in [0, 0.1) is 0 Å². The molecule has 96 valence electrons. The number of amides is 2. The van der Waals surface area contributed by atoms with Gasteiger partial charge < -0.3 is 15.7 Å². The molecule has 0 atom stereocenters. The van der Waals surface area contributed by atoms with Crippen LogP contribution in [0.2, 0.25) is 0 Å². The van der Waals surface area contributed by atoms with E-state index in [9.17, 15) is 9.59 Å². The minimum atomic E-state index is -1.22. The maximum atomic E-state index is 11.7. The molecule has 0 unspecified atom stereocenters. The monoisotopic (exact) mass is 259 g/mol. The van der Waals surface area contributed by atoms with Gasteiger partial charge in [-0.15, -0.1) is 0 Å². The van der Waals surface area contributed by atoms with Gasteiger partial charge in [-0.25, -0.2) is 24.5 Å². The number of pyridine rings is 1. The molecule has 0 aliphatic carbocycles. The molecule has 0 saturated heterocycles. The minimum Gasteiger partial charge on any atom is -0.476 e. The van der Waals surface area contributed by atoms with E-state index < -0.39 is 12.0 Å². The standard InChI is InChI=1S/C11H9N5O3/c17-10(18)9-8(2-1-3-14-9)16-11(19)15-7-4-12-6-13-5-7/h1-6H,(H,17,18)(H2,15,16,19). The van der Waals surface area contributed by atoms with E-state index in [4.69, 9.17) is 5.11 Å². The number of carbonyl (C=O) groups is 2. The Bertz CT molecular complexity index is 602. The van der Waals surface area contributed by atoms with Crippen molar-refractivity contribution in [2.45, 2.75) is 0 Å². The first-order valence-corrected chi connectivity index (χ1v) is 5.18. The van der Waals surface area contributed by atoms with Crippen molar-refractivity contribution in [1.82, 2.24) is 15.0 Å². The maximum Gasteiger partial charge on any atom is 0.356 e. The zero-order chi connectivity index (χ0) is 13.7. The summed E-state index contributed by atoms with van der Waals surface area (Å²) in [4.78, 5) is 33.7. The Kier molecular flexibility index (Phi) is 3.62. The van der Waals surface area contributed by atoms with Crippen molar-refractivity contribution in [2.75, 3.05) is 10.6 Å². The Morgan fingerprint density at radius 1 is 1.16 bits per heavy atom. The van der Waals surface area contributed by atoms with E-state index in [1.54, 1.807) is 0 Å². The first-order valence-electron chi connectivity index (χ1n) is 5.18. The Hall–Kier alpha value is -3.03. The van der Waals surface area contributed by atoms with Gasteiger partial charge in [-0.1, -0.05) is 0 Å². The van der Waals surface area contributed by atoms with Gasteiger partial charge in [-0.05, 0) is 12.1 Å². The zero-order valence-corrected chi connectivity index (χ0v) is 9.57. The van der Waals surface area contributed by atoms with Crippen LogP contribution >= 0.6 is 0 Å². The highest BCUT2D eigenvalue weighted by Gasteiger charge is 2.13. The van der Waals surface area contributed by atoms with Gasteiger partial charge in [0.15, 0.2) is 5.69 Å². The molecule has 2 aromatic rings. The van der Waals surface area contributed by atoms with Crippen LogP contribution in [0.1, 0.15) is 10.5 Å². The van der Waals surface area contributed by atoms with Crippen LogP contribution in [0.15, 0.2) is 37.1 Å². The van der Waals surface area contributed by atoms with Crippen LogP contribution < -0.4 is 10.6 Å². The maximum absolute atomic E-state index is 11.7. The minimum absolute atomic E-state index is 0.101. The summed E-state index contributed by atoms with van der Waals surface area (Å²) in [5.74, 6) is -1.22. The van der Waals surface area contributed by atoms with Crippen LogP contribution in [0.5, 0.6) is 0 Å². The van der Waals surface area contributed by atoms with E-state index in [1.807, 2.05) is 0 Å². The van der Waals surface area contributed by atoms with E-state index in [0.29, 0.717) is 5.69 Å². The van der Waals surface area contributed by atoms with Crippen molar-refractivity contribution in [2.24, 2.45) is 0 Å². The summed E-state index contributed by atoms with van der Waals surface area (Å²) in [5, 5.41) is 13.8. The van der Waals surface area contributed by atoms with E-state index in [2.05, 4.69) is 25.6 Å². The number of anilines is 2. The van der Waals surface area contributed by atoms with Gasteiger partial charge in [0, 0.05) is 6.20 Å². The molecule has 8 heteroatoms. The summed E-state index contributed by atoms with van der Waals surface area (Å²) in [7, 11) is 0. The van der Waals surface area contributed by atoms with Crippen LogP contribution in [0.25, 0.3) is 0 Å². The average Bonchev–Trinajstić information content (AvgIpc) is 2.40. The molecular formula is C11H9N5O3. The molecule has 0 fully saturated rings. The second-order valence-electron chi connectivity index (χ2n) is 3.41. The third-order valence-electron chi connectivity index (χ3n) is 2.08. The number of hydrogen-bond donors (Lipinski definition) is 3. The summed E-state index contributed by atoms with van der Waals surface area (Å²) >= 11 is 0. The van der Waals surface area contributed by atoms with E-state index in [0.717, 1.165) is 0 Å². The van der Waals surface area contributed by atoms with Gasteiger partial charge in [0.25, 0.3) is 0 Å². The van der Waals surface area contributed by atoms with Gasteiger partial charge in [0.05, 0.1) is 23.8 Å². The predicted molar refractivity (Wildman–Crippen MR) is 65.9 cm³/mol. The fourth-order valence-electron chi connectivity index (χ4n) is 1.32. The second-order valence-corrected chi connectivity index (χ2v) is 3.41. The molecule has 2 rings (SSSR count). The predicted octanol–water partition coefficient (Wildman–Crippen LogP) is 1.21. The molecule has 2 amide bonds. The first-order chi connectivity index (χ1) is 9.16. The zero-order valence-electron chi connectivity index (χ0n) is 9.57. The molecule has 0 radical (unpaired) electrons.